The predicted octanol–water partition coefficient (Wildman–Crippen LogP) is 3.77. The Morgan fingerprint density at radius 2 is 1.93 bits per heavy atom. The highest BCUT2D eigenvalue weighted by molar-refractivity contribution is 5.94. The number of hydrogen-bond donors (Lipinski definition) is 0. The number of nitrogens with zero attached hydrogens (tertiary/aromatic N) is 2. The van der Waals surface area contributed by atoms with E-state index in [0.717, 1.165) is 42.1 Å². The van der Waals surface area contributed by atoms with Gasteiger partial charge in [-0.25, -0.2) is 8.78 Å². The van der Waals surface area contributed by atoms with Crippen LogP contribution < -0.4 is 5.56 Å². The summed E-state index contributed by atoms with van der Waals surface area (Å²) in [5.74, 6) is -1.61. The molecule has 0 spiro atoms. The summed E-state index contributed by atoms with van der Waals surface area (Å²) in [5, 5.41) is 0. The van der Waals surface area contributed by atoms with Crippen LogP contribution in [-0.4, -0.2) is 28.5 Å². The van der Waals surface area contributed by atoms with Crippen LogP contribution in [0.4, 0.5) is 8.78 Å². The smallest absolute Gasteiger partial charge is 0.263 e. The molecule has 0 aliphatic carbocycles. The number of rotatable bonds is 4. The number of benzene rings is 1. The Kier molecular flexibility index (Phi) is 5.96. The average molecular weight is 388 g/mol. The first-order valence-electron chi connectivity index (χ1n) is 9.68. The molecule has 4 nitrogen and oxygen atoms in total. The summed E-state index contributed by atoms with van der Waals surface area (Å²) >= 11 is 0. The van der Waals surface area contributed by atoms with Gasteiger partial charge in [-0.15, -0.1) is 0 Å². The zero-order valence-corrected chi connectivity index (χ0v) is 16.6. The maximum atomic E-state index is 13.4. The normalized spacial score (nSPS) is 17.0. The van der Waals surface area contributed by atoms with E-state index in [9.17, 15) is 18.4 Å². The first-order valence-corrected chi connectivity index (χ1v) is 9.68. The number of likely N-dealkylation sites (tertiary alicyclic amines) is 1. The molecular weight excluding hydrogens is 362 g/mol. The van der Waals surface area contributed by atoms with Crippen molar-refractivity contribution in [1.29, 1.82) is 0 Å². The quantitative estimate of drug-likeness (QED) is 0.800. The first-order chi connectivity index (χ1) is 13.3. The van der Waals surface area contributed by atoms with E-state index in [4.69, 9.17) is 0 Å². The van der Waals surface area contributed by atoms with Crippen molar-refractivity contribution in [2.45, 2.75) is 39.5 Å². The summed E-state index contributed by atoms with van der Waals surface area (Å²) in [6.07, 6.45) is 3.28. The van der Waals surface area contributed by atoms with Crippen molar-refractivity contribution in [2.75, 3.05) is 13.1 Å². The van der Waals surface area contributed by atoms with Crippen LogP contribution >= 0.6 is 0 Å². The van der Waals surface area contributed by atoms with Gasteiger partial charge in [0.05, 0.1) is 0 Å². The van der Waals surface area contributed by atoms with Crippen molar-refractivity contribution in [3.8, 4) is 0 Å². The van der Waals surface area contributed by atoms with Gasteiger partial charge >= 0.3 is 0 Å². The summed E-state index contributed by atoms with van der Waals surface area (Å²) in [6.45, 7) is 4.97. The Hall–Kier alpha value is -2.50. The fourth-order valence-corrected chi connectivity index (χ4v) is 3.85. The van der Waals surface area contributed by atoms with Crippen LogP contribution in [0.2, 0.25) is 0 Å². The highest BCUT2D eigenvalue weighted by atomic mass is 19.2. The molecule has 0 saturated carbocycles. The van der Waals surface area contributed by atoms with Gasteiger partial charge in [-0.3, -0.25) is 9.59 Å². The molecule has 28 heavy (non-hydrogen) atoms. The lowest BCUT2D eigenvalue weighted by molar-refractivity contribution is 0.0666. The fourth-order valence-electron chi connectivity index (χ4n) is 3.85. The molecule has 0 unspecified atom stereocenters. The van der Waals surface area contributed by atoms with Crippen LogP contribution in [0.15, 0.2) is 29.1 Å². The molecule has 6 heteroatoms. The molecule has 150 valence electrons. The maximum absolute atomic E-state index is 13.4. The molecule has 1 amide bonds. The zero-order chi connectivity index (χ0) is 20.4. The fraction of sp³-hybridized carbons (Fsp3) is 0.455. The molecule has 0 radical (unpaired) electrons. The van der Waals surface area contributed by atoms with Crippen LogP contribution in [-0.2, 0) is 13.5 Å². The number of piperidine rings is 1. The second kappa shape index (κ2) is 8.25. The predicted molar refractivity (Wildman–Crippen MR) is 104 cm³/mol. The molecule has 1 fully saturated rings. The Balaban J connectivity index is 1.68. The topological polar surface area (TPSA) is 42.3 Å². The largest absolute Gasteiger partial charge is 0.338 e. The minimum atomic E-state index is -0.840. The third kappa shape index (κ3) is 4.16. The summed E-state index contributed by atoms with van der Waals surface area (Å²) in [6, 6.07) is 5.67. The number of amides is 1. The van der Waals surface area contributed by atoms with Crippen molar-refractivity contribution in [3.05, 3.63) is 68.6 Å². The van der Waals surface area contributed by atoms with E-state index in [1.54, 1.807) is 24.1 Å². The monoisotopic (exact) mass is 388 g/mol. The standard InChI is InChI=1S/C22H26F2N2O2/c1-14-11-18(21(27)25(3)15(14)2)22(28)26-10-4-5-17(13-26)7-6-16-8-9-19(23)20(24)12-16/h8-9,11-12,17H,4-7,10,13H2,1-3H3/t17-/m0/s1. The third-order valence-electron chi connectivity index (χ3n) is 5.83. The number of aryl methyl sites for hydroxylation is 2. The highest BCUT2D eigenvalue weighted by Crippen LogP contribution is 2.23. The molecule has 1 saturated heterocycles. The third-order valence-corrected chi connectivity index (χ3v) is 5.83. The van der Waals surface area contributed by atoms with E-state index in [1.807, 2.05) is 13.8 Å². The molecule has 1 aliphatic rings. The Bertz CT molecular complexity index is 952. The van der Waals surface area contributed by atoms with E-state index < -0.39 is 11.6 Å². The zero-order valence-electron chi connectivity index (χ0n) is 16.6. The lowest BCUT2D eigenvalue weighted by Crippen LogP contribution is -2.42. The lowest BCUT2D eigenvalue weighted by Gasteiger charge is -2.33. The lowest BCUT2D eigenvalue weighted by atomic mass is 9.91. The Morgan fingerprint density at radius 1 is 1.18 bits per heavy atom. The number of carbonyl (C=O) groups is 1. The molecule has 3 rings (SSSR count). The van der Waals surface area contributed by atoms with Crippen LogP contribution in [0.1, 0.15) is 46.4 Å². The molecule has 1 aliphatic heterocycles. The Labute approximate surface area is 163 Å². The summed E-state index contributed by atoms with van der Waals surface area (Å²) in [7, 11) is 1.68. The number of hydrogen-bond acceptors (Lipinski definition) is 2. The van der Waals surface area contributed by atoms with Gasteiger partial charge in [0.1, 0.15) is 5.56 Å². The van der Waals surface area contributed by atoms with E-state index in [-0.39, 0.29) is 22.9 Å². The molecule has 1 atom stereocenters. The van der Waals surface area contributed by atoms with Gasteiger partial charge in [0.2, 0.25) is 0 Å². The van der Waals surface area contributed by atoms with Crippen molar-refractivity contribution in [1.82, 2.24) is 9.47 Å². The van der Waals surface area contributed by atoms with Gasteiger partial charge in [-0.05, 0) is 74.8 Å². The summed E-state index contributed by atoms with van der Waals surface area (Å²) < 4.78 is 28.0. The number of halogens is 2. The van der Waals surface area contributed by atoms with Crippen molar-refractivity contribution in [3.63, 3.8) is 0 Å². The Morgan fingerprint density at radius 3 is 2.64 bits per heavy atom. The van der Waals surface area contributed by atoms with Crippen LogP contribution in [0, 0.1) is 31.4 Å². The van der Waals surface area contributed by atoms with Crippen molar-refractivity contribution in [2.24, 2.45) is 13.0 Å². The van der Waals surface area contributed by atoms with Crippen LogP contribution in [0.25, 0.3) is 0 Å². The minimum absolute atomic E-state index is 0.215. The van der Waals surface area contributed by atoms with Gasteiger partial charge in [0.25, 0.3) is 11.5 Å². The molecule has 2 aromatic rings. The summed E-state index contributed by atoms with van der Waals surface area (Å²) in [5.41, 5.74) is 2.47. The van der Waals surface area contributed by atoms with E-state index >= 15 is 0 Å². The van der Waals surface area contributed by atoms with Crippen LogP contribution in [0.5, 0.6) is 0 Å². The highest BCUT2D eigenvalue weighted by Gasteiger charge is 2.26. The van der Waals surface area contributed by atoms with Gasteiger partial charge in [-0.2, -0.15) is 0 Å². The molecule has 0 bridgehead atoms. The minimum Gasteiger partial charge on any atom is -0.338 e. The second-order valence-corrected chi connectivity index (χ2v) is 7.74. The number of aromatic nitrogens is 1. The molecular formula is C22H26F2N2O2. The van der Waals surface area contributed by atoms with E-state index in [1.165, 1.54) is 10.6 Å². The molecule has 1 aromatic heterocycles. The number of pyridine rings is 1. The molecule has 0 N–H and O–H groups in total. The number of carbonyl (C=O) groups excluding carboxylic acids is 1. The molecule has 1 aromatic carbocycles. The summed E-state index contributed by atoms with van der Waals surface area (Å²) in [4.78, 5) is 27.2. The van der Waals surface area contributed by atoms with Gasteiger partial charge in [-0.1, -0.05) is 6.07 Å². The van der Waals surface area contributed by atoms with Crippen molar-refractivity contribution < 1.29 is 13.6 Å². The van der Waals surface area contributed by atoms with Gasteiger partial charge < -0.3 is 9.47 Å². The van der Waals surface area contributed by atoms with Gasteiger partial charge in [0.15, 0.2) is 11.6 Å². The van der Waals surface area contributed by atoms with Crippen molar-refractivity contribution >= 4 is 5.91 Å². The SMILES string of the molecule is Cc1cc(C(=O)N2CCC[C@@H](CCc3ccc(F)c(F)c3)C2)c(=O)n(C)c1C. The average Bonchev–Trinajstić information content (AvgIpc) is 2.69. The van der Waals surface area contributed by atoms with E-state index in [2.05, 4.69) is 0 Å². The first kappa shape index (κ1) is 20.2. The molecule has 2 heterocycles. The van der Waals surface area contributed by atoms with Gasteiger partial charge in [0, 0.05) is 25.8 Å². The van der Waals surface area contributed by atoms with Crippen LogP contribution in [0.3, 0.4) is 0 Å². The maximum Gasteiger partial charge on any atom is 0.263 e. The second-order valence-electron chi connectivity index (χ2n) is 7.74. The van der Waals surface area contributed by atoms with E-state index in [0.29, 0.717) is 19.5 Å².